The molecule has 6 aromatic rings. The number of benzene rings is 4. The summed E-state index contributed by atoms with van der Waals surface area (Å²) >= 11 is 9.97. The van der Waals surface area contributed by atoms with Crippen molar-refractivity contribution in [2.24, 2.45) is 0 Å². The van der Waals surface area contributed by atoms with E-state index in [1.54, 1.807) is 67.7 Å². The molecule has 8 rings (SSSR count). The zero-order valence-electron chi connectivity index (χ0n) is 32.9. The third-order valence-corrected chi connectivity index (χ3v) is 18.1. The molecule has 2 saturated heterocycles. The standard InChI is InChI=1S/C22H24BrN3O2S2.C21H22BrN3O2S2/c1-2-17-7-9-18(10-8-17)15-19-16-29-22(24-19)25-11-13-26(14-12-25)30(27,28)21-6-4-3-5-20(21)23;1-16-6-8-17(9-7-16)14-18-15-28-21(23-18)24-10-12-25(13-11-24)29(26,27)20-5-3-2-4-19(20)22/h3-10,16H,2,11-15H2,1H3;2-9,15H,10-14H2,1H3. The van der Waals surface area contributed by atoms with Gasteiger partial charge in [-0.25, -0.2) is 26.8 Å². The van der Waals surface area contributed by atoms with Gasteiger partial charge in [-0.15, -0.1) is 22.7 Å². The van der Waals surface area contributed by atoms with Gasteiger partial charge in [-0.05, 0) is 86.2 Å². The van der Waals surface area contributed by atoms with E-state index < -0.39 is 20.0 Å². The highest BCUT2D eigenvalue weighted by molar-refractivity contribution is 9.10. The first-order valence-electron chi connectivity index (χ1n) is 19.4. The maximum atomic E-state index is 13.0. The van der Waals surface area contributed by atoms with Gasteiger partial charge >= 0.3 is 0 Å². The molecule has 2 fully saturated rings. The predicted octanol–water partition coefficient (Wildman–Crippen LogP) is 8.89. The Hall–Kier alpha value is -3.48. The molecular weight excluding hydrogens is 953 g/mol. The van der Waals surface area contributed by atoms with Crippen molar-refractivity contribution >= 4 is 84.8 Å². The lowest BCUT2D eigenvalue weighted by Gasteiger charge is -2.34. The number of piperazine rings is 2. The first-order valence-corrected chi connectivity index (χ1v) is 25.6. The van der Waals surface area contributed by atoms with Gasteiger partial charge < -0.3 is 9.80 Å². The number of rotatable bonds is 11. The summed E-state index contributed by atoms with van der Waals surface area (Å²) in [4.78, 5) is 14.6. The third kappa shape index (κ3) is 10.7. The van der Waals surface area contributed by atoms with Crippen molar-refractivity contribution in [1.29, 1.82) is 0 Å². The van der Waals surface area contributed by atoms with E-state index in [0.29, 0.717) is 71.1 Å². The molecule has 2 aromatic heterocycles. The summed E-state index contributed by atoms with van der Waals surface area (Å²) in [6, 6.07) is 31.1. The highest BCUT2D eigenvalue weighted by Gasteiger charge is 2.32. The number of hydrogen-bond acceptors (Lipinski definition) is 10. The number of anilines is 2. The van der Waals surface area contributed by atoms with E-state index in [9.17, 15) is 16.8 Å². The summed E-state index contributed by atoms with van der Waals surface area (Å²) < 4.78 is 56.2. The molecule has 16 heteroatoms. The van der Waals surface area contributed by atoms with Crippen LogP contribution in [0.4, 0.5) is 10.3 Å². The van der Waals surface area contributed by atoms with E-state index in [4.69, 9.17) is 9.97 Å². The maximum absolute atomic E-state index is 13.0. The van der Waals surface area contributed by atoms with E-state index in [1.165, 1.54) is 22.3 Å². The van der Waals surface area contributed by atoms with E-state index in [1.807, 2.05) is 12.1 Å². The second kappa shape index (κ2) is 19.5. The molecule has 4 heterocycles. The van der Waals surface area contributed by atoms with Crippen LogP contribution in [0.1, 0.15) is 40.6 Å². The van der Waals surface area contributed by atoms with Crippen molar-refractivity contribution in [2.45, 2.75) is 42.9 Å². The van der Waals surface area contributed by atoms with Crippen LogP contribution in [0.2, 0.25) is 0 Å². The fourth-order valence-electron chi connectivity index (χ4n) is 6.89. The molecule has 0 aliphatic carbocycles. The second-order valence-corrected chi connectivity index (χ2v) is 21.6. The van der Waals surface area contributed by atoms with Crippen LogP contribution < -0.4 is 9.80 Å². The van der Waals surface area contributed by atoms with Crippen LogP contribution in [0.3, 0.4) is 0 Å². The van der Waals surface area contributed by atoms with E-state index >= 15 is 0 Å². The highest BCUT2D eigenvalue weighted by Crippen LogP contribution is 2.30. The van der Waals surface area contributed by atoms with Gasteiger partial charge in [0, 0.05) is 84.9 Å². The van der Waals surface area contributed by atoms with Gasteiger partial charge in [-0.3, -0.25) is 0 Å². The molecule has 59 heavy (non-hydrogen) atoms. The summed E-state index contributed by atoms with van der Waals surface area (Å²) in [7, 11) is -6.99. The Morgan fingerprint density at radius 2 is 0.915 bits per heavy atom. The zero-order chi connectivity index (χ0) is 41.6. The topological polar surface area (TPSA) is 107 Å². The van der Waals surface area contributed by atoms with Crippen LogP contribution in [0.25, 0.3) is 0 Å². The zero-order valence-corrected chi connectivity index (χ0v) is 39.3. The molecule has 0 atom stereocenters. The summed E-state index contributed by atoms with van der Waals surface area (Å²) in [5, 5.41) is 6.13. The lowest BCUT2D eigenvalue weighted by molar-refractivity contribution is 0.384. The lowest BCUT2D eigenvalue weighted by Crippen LogP contribution is -2.48. The van der Waals surface area contributed by atoms with Crippen molar-refractivity contribution in [3.8, 4) is 0 Å². The fraction of sp³-hybridized carbons (Fsp3) is 0.302. The average Bonchev–Trinajstić information content (AvgIpc) is 3.93. The molecule has 0 N–H and O–H groups in total. The highest BCUT2D eigenvalue weighted by atomic mass is 79.9. The van der Waals surface area contributed by atoms with Crippen LogP contribution >= 0.6 is 54.5 Å². The Labute approximate surface area is 372 Å². The molecule has 310 valence electrons. The fourth-order valence-corrected chi connectivity index (χ4v) is 13.4. The van der Waals surface area contributed by atoms with Crippen molar-refractivity contribution < 1.29 is 16.8 Å². The molecule has 10 nitrogen and oxygen atoms in total. The van der Waals surface area contributed by atoms with Gasteiger partial charge in [-0.1, -0.05) is 85.3 Å². The Bertz CT molecular complexity index is 2550. The number of nitrogens with zero attached hydrogens (tertiary/aromatic N) is 6. The minimum atomic E-state index is -3.50. The first-order chi connectivity index (χ1) is 28.4. The Kier molecular flexibility index (Phi) is 14.4. The quantitative estimate of drug-likeness (QED) is 0.127. The number of aryl methyl sites for hydroxylation is 2. The molecule has 2 aliphatic rings. The van der Waals surface area contributed by atoms with Crippen molar-refractivity contribution in [3.05, 3.63) is 150 Å². The smallest absolute Gasteiger partial charge is 0.244 e. The van der Waals surface area contributed by atoms with Crippen LogP contribution in [0, 0.1) is 6.92 Å². The predicted molar refractivity (Wildman–Crippen MR) is 247 cm³/mol. The largest absolute Gasteiger partial charge is 0.345 e. The monoisotopic (exact) mass is 996 g/mol. The third-order valence-electron chi connectivity index (χ3n) is 10.3. The molecule has 0 amide bonds. The number of hydrogen-bond donors (Lipinski definition) is 0. The number of halogens is 2. The first kappa shape index (κ1) is 43.6. The van der Waals surface area contributed by atoms with E-state index in [-0.39, 0.29) is 0 Å². The summed E-state index contributed by atoms with van der Waals surface area (Å²) in [5.41, 5.74) is 7.21. The number of aromatic nitrogens is 2. The van der Waals surface area contributed by atoms with Crippen LogP contribution in [0.5, 0.6) is 0 Å². The van der Waals surface area contributed by atoms with Crippen molar-refractivity contribution in [2.75, 3.05) is 62.2 Å². The summed E-state index contributed by atoms with van der Waals surface area (Å²) in [5.74, 6) is 0. The minimum absolute atomic E-state index is 0.322. The van der Waals surface area contributed by atoms with Crippen LogP contribution in [-0.4, -0.2) is 87.8 Å². The normalized spacial score (nSPS) is 15.5. The minimum Gasteiger partial charge on any atom is -0.345 e. The maximum Gasteiger partial charge on any atom is 0.244 e. The number of sulfonamides is 2. The molecular formula is C43H46Br2N6O4S4. The summed E-state index contributed by atoms with van der Waals surface area (Å²) in [6.45, 7) is 8.62. The van der Waals surface area contributed by atoms with E-state index in [2.05, 4.69) is 115 Å². The summed E-state index contributed by atoms with van der Waals surface area (Å²) in [6.07, 6.45) is 2.67. The SMILES string of the molecule is CCc1ccc(Cc2csc(N3CCN(S(=O)(=O)c4ccccc4Br)CC3)n2)cc1.Cc1ccc(Cc2csc(N3CCN(S(=O)(=O)c4ccccc4Br)CC3)n2)cc1. The average molecular weight is 999 g/mol. The molecule has 2 aliphatic heterocycles. The Morgan fingerprint density at radius 3 is 1.31 bits per heavy atom. The van der Waals surface area contributed by atoms with Crippen LogP contribution in [0.15, 0.2) is 127 Å². The molecule has 4 aromatic carbocycles. The van der Waals surface area contributed by atoms with Gasteiger partial charge in [0.05, 0.1) is 21.2 Å². The molecule has 0 radical (unpaired) electrons. The van der Waals surface area contributed by atoms with Crippen molar-refractivity contribution in [1.82, 2.24) is 18.6 Å². The van der Waals surface area contributed by atoms with Crippen LogP contribution in [-0.2, 0) is 39.3 Å². The van der Waals surface area contributed by atoms with Gasteiger partial charge in [0.25, 0.3) is 0 Å². The lowest BCUT2D eigenvalue weighted by atomic mass is 10.1. The Balaban J connectivity index is 0.000000179. The molecule has 0 unspecified atom stereocenters. The second-order valence-electron chi connectivity index (χ2n) is 14.4. The van der Waals surface area contributed by atoms with Gasteiger partial charge in [0.2, 0.25) is 20.0 Å². The Morgan fingerprint density at radius 1 is 0.542 bits per heavy atom. The molecule has 0 bridgehead atoms. The van der Waals surface area contributed by atoms with E-state index in [0.717, 1.165) is 40.9 Å². The molecule has 0 spiro atoms. The van der Waals surface area contributed by atoms with Crippen molar-refractivity contribution in [3.63, 3.8) is 0 Å². The van der Waals surface area contributed by atoms with Gasteiger partial charge in [0.15, 0.2) is 10.3 Å². The molecule has 0 saturated carbocycles. The van der Waals surface area contributed by atoms with Gasteiger partial charge in [-0.2, -0.15) is 8.61 Å². The van der Waals surface area contributed by atoms with Gasteiger partial charge in [0.1, 0.15) is 0 Å². The number of thiazole rings is 2.